The van der Waals surface area contributed by atoms with Gasteiger partial charge >= 0.3 is 0 Å². The van der Waals surface area contributed by atoms with Crippen LogP contribution in [0.3, 0.4) is 0 Å². The standard InChI is InChI=1S/C13H10BrN3O/c14-10-5-12-13(15-6-10)16-8-17(12)7-9-1-3-11(18)4-2-9/h1-6,8,18H,7H2. The third-order valence-electron chi connectivity index (χ3n) is 2.73. The summed E-state index contributed by atoms with van der Waals surface area (Å²) in [7, 11) is 0. The molecule has 0 saturated carbocycles. The Hall–Kier alpha value is -1.88. The first-order chi connectivity index (χ1) is 8.72. The van der Waals surface area contributed by atoms with E-state index in [4.69, 9.17) is 0 Å². The molecule has 0 aliphatic heterocycles. The Morgan fingerprint density at radius 1 is 1.17 bits per heavy atom. The molecule has 4 nitrogen and oxygen atoms in total. The lowest BCUT2D eigenvalue weighted by atomic mass is 10.2. The van der Waals surface area contributed by atoms with E-state index < -0.39 is 0 Å². The van der Waals surface area contributed by atoms with Crippen molar-refractivity contribution in [1.82, 2.24) is 14.5 Å². The molecule has 0 unspecified atom stereocenters. The van der Waals surface area contributed by atoms with Crippen molar-refractivity contribution in [3.63, 3.8) is 0 Å². The normalized spacial score (nSPS) is 10.9. The third-order valence-corrected chi connectivity index (χ3v) is 3.17. The highest BCUT2D eigenvalue weighted by atomic mass is 79.9. The number of pyridine rings is 1. The molecule has 2 aromatic heterocycles. The van der Waals surface area contributed by atoms with Gasteiger partial charge in [-0.3, -0.25) is 0 Å². The van der Waals surface area contributed by atoms with Gasteiger partial charge in [0.1, 0.15) is 5.75 Å². The lowest BCUT2D eigenvalue weighted by Crippen LogP contribution is -1.97. The van der Waals surface area contributed by atoms with Gasteiger partial charge < -0.3 is 9.67 Å². The van der Waals surface area contributed by atoms with Gasteiger partial charge in [0.15, 0.2) is 5.65 Å². The summed E-state index contributed by atoms with van der Waals surface area (Å²) in [6, 6.07) is 9.15. The average Bonchev–Trinajstić information content (AvgIpc) is 2.75. The molecule has 0 fully saturated rings. The molecule has 1 N–H and O–H groups in total. The van der Waals surface area contributed by atoms with Gasteiger partial charge in [-0.1, -0.05) is 12.1 Å². The highest BCUT2D eigenvalue weighted by Crippen LogP contribution is 2.18. The number of phenols is 1. The fourth-order valence-electron chi connectivity index (χ4n) is 1.84. The van der Waals surface area contributed by atoms with E-state index in [0.29, 0.717) is 6.54 Å². The van der Waals surface area contributed by atoms with E-state index in [1.807, 2.05) is 22.8 Å². The number of imidazole rings is 1. The maximum Gasteiger partial charge on any atom is 0.177 e. The Labute approximate surface area is 112 Å². The first-order valence-electron chi connectivity index (χ1n) is 5.47. The van der Waals surface area contributed by atoms with Gasteiger partial charge in [-0.25, -0.2) is 9.97 Å². The zero-order valence-electron chi connectivity index (χ0n) is 9.42. The molecule has 1 aromatic carbocycles. The van der Waals surface area contributed by atoms with E-state index in [1.165, 1.54) is 0 Å². The largest absolute Gasteiger partial charge is 0.508 e. The van der Waals surface area contributed by atoms with E-state index >= 15 is 0 Å². The first-order valence-corrected chi connectivity index (χ1v) is 6.26. The van der Waals surface area contributed by atoms with Crippen LogP contribution in [-0.4, -0.2) is 19.6 Å². The van der Waals surface area contributed by atoms with Gasteiger partial charge in [0.2, 0.25) is 0 Å². The quantitative estimate of drug-likeness (QED) is 0.792. The van der Waals surface area contributed by atoms with Crippen LogP contribution < -0.4 is 0 Å². The van der Waals surface area contributed by atoms with Gasteiger partial charge in [0, 0.05) is 17.2 Å². The summed E-state index contributed by atoms with van der Waals surface area (Å²) in [5, 5.41) is 9.26. The third kappa shape index (κ3) is 2.09. The van der Waals surface area contributed by atoms with E-state index in [0.717, 1.165) is 21.2 Å². The summed E-state index contributed by atoms with van der Waals surface area (Å²) in [6.45, 7) is 0.703. The molecule has 0 amide bonds. The second-order valence-corrected chi connectivity index (χ2v) is 4.95. The molecule has 0 saturated heterocycles. The molecule has 2 heterocycles. The Morgan fingerprint density at radius 3 is 2.72 bits per heavy atom. The van der Waals surface area contributed by atoms with E-state index in [-0.39, 0.29) is 5.75 Å². The number of halogens is 1. The number of benzene rings is 1. The molecule has 0 atom stereocenters. The zero-order valence-corrected chi connectivity index (χ0v) is 11.0. The molecule has 0 aliphatic rings. The van der Waals surface area contributed by atoms with E-state index in [2.05, 4.69) is 25.9 Å². The van der Waals surface area contributed by atoms with Crippen LogP contribution in [0.2, 0.25) is 0 Å². The summed E-state index contributed by atoms with van der Waals surface area (Å²) in [4.78, 5) is 8.49. The lowest BCUT2D eigenvalue weighted by molar-refractivity contribution is 0.475. The number of phenolic OH excluding ortho intramolecular Hbond substituents is 1. The summed E-state index contributed by atoms with van der Waals surface area (Å²) in [5.41, 5.74) is 2.82. The average molecular weight is 304 g/mol. The van der Waals surface area contributed by atoms with Gasteiger partial charge in [0.25, 0.3) is 0 Å². The number of aromatic nitrogens is 3. The zero-order chi connectivity index (χ0) is 12.5. The molecular weight excluding hydrogens is 294 g/mol. The monoisotopic (exact) mass is 303 g/mol. The van der Waals surface area contributed by atoms with Crippen LogP contribution in [-0.2, 0) is 6.54 Å². The highest BCUT2D eigenvalue weighted by molar-refractivity contribution is 9.10. The number of aromatic hydroxyl groups is 1. The smallest absolute Gasteiger partial charge is 0.177 e. The van der Waals surface area contributed by atoms with Crippen molar-refractivity contribution in [2.24, 2.45) is 0 Å². The van der Waals surface area contributed by atoms with Crippen molar-refractivity contribution in [3.05, 3.63) is 52.9 Å². The van der Waals surface area contributed by atoms with Crippen molar-refractivity contribution in [1.29, 1.82) is 0 Å². The van der Waals surface area contributed by atoms with Crippen molar-refractivity contribution in [3.8, 4) is 5.75 Å². The van der Waals surface area contributed by atoms with Crippen molar-refractivity contribution in [2.45, 2.75) is 6.54 Å². The molecule has 0 aliphatic carbocycles. The van der Waals surface area contributed by atoms with E-state index in [1.54, 1.807) is 24.7 Å². The molecule has 5 heteroatoms. The molecule has 0 spiro atoms. The lowest BCUT2D eigenvalue weighted by Gasteiger charge is -2.04. The Morgan fingerprint density at radius 2 is 1.94 bits per heavy atom. The van der Waals surface area contributed by atoms with Crippen LogP contribution in [0.25, 0.3) is 11.2 Å². The summed E-state index contributed by atoms with van der Waals surface area (Å²) >= 11 is 3.41. The topological polar surface area (TPSA) is 50.9 Å². The summed E-state index contributed by atoms with van der Waals surface area (Å²) < 4.78 is 2.96. The Bertz CT molecular complexity index is 691. The van der Waals surface area contributed by atoms with Gasteiger partial charge in [-0.05, 0) is 39.7 Å². The molecule has 3 aromatic rings. The van der Waals surface area contributed by atoms with Crippen LogP contribution >= 0.6 is 15.9 Å². The Balaban J connectivity index is 1.99. The number of hydrogen-bond acceptors (Lipinski definition) is 3. The SMILES string of the molecule is Oc1ccc(Cn2cnc3ncc(Br)cc32)cc1. The van der Waals surface area contributed by atoms with Crippen LogP contribution in [0.4, 0.5) is 0 Å². The molecular formula is C13H10BrN3O. The molecule has 0 bridgehead atoms. The van der Waals surface area contributed by atoms with Crippen molar-refractivity contribution < 1.29 is 5.11 Å². The second-order valence-electron chi connectivity index (χ2n) is 4.04. The molecule has 3 rings (SSSR count). The minimum absolute atomic E-state index is 0.277. The van der Waals surface area contributed by atoms with Crippen molar-refractivity contribution in [2.75, 3.05) is 0 Å². The predicted octanol–water partition coefficient (Wildman–Crippen LogP) is 2.95. The fourth-order valence-corrected chi connectivity index (χ4v) is 2.16. The maximum atomic E-state index is 9.26. The number of fused-ring (bicyclic) bond motifs is 1. The molecule has 90 valence electrons. The summed E-state index contributed by atoms with van der Waals surface area (Å²) in [6.07, 6.45) is 3.51. The molecule has 0 radical (unpaired) electrons. The summed E-state index contributed by atoms with van der Waals surface area (Å²) in [5.74, 6) is 0.277. The van der Waals surface area contributed by atoms with E-state index in [9.17, 15) is 5.11 Å². The first kappa shape index (κ1) is 11.2. The molecule has 18 heavy (non-hydrogen) atoms. The predicted molar refractivity (Wildman–Crippen MR) is 72.4 cm³/mol. The number of hydrogen-bond donors (Lipinski definition) is 1. The highest BCUT2D eigenvalue weighted by Gasteiger charge is 2.05. The maximum absolute atomic E-state index is 9.26. The van der Waals surface area contributed by atoms with Crippen LogP contribution in [0.15, 0.2) is 47.3 Å². The second kappa shape index (κ2) is 4.42. The Kier molecular flexibility index (Phi) is 2.76. The van der Waals surface area contributed by atoms with Crippen LogP contribution in [0.5, 0.6) is 5.75 Å². The van der Waals surface area contributed by atoms with Gasteiger partial charge in [-0.2, -0.15) is 0 Å². The van der Waals surface area contributed by atoms with Crippen LogP contribution in [0, 0.1) is 0 Å². The number of rotatable bonds is 2. The fraction of sp³-hybridized carbons (Fsp3) is 0.0769. The van der Waals surface area contributed by atoms with Gasteiger partial charge in [-0.15, -0.1) is 0 Å². The van der Waals surface area contributed by atoms with Crippen LogP contribution in [0.1, 0.15) is 5.56 Å². The number of nitrogens with zero attached hydrogens (tertiary/aromatic N) is 3. The van der Waals surface area contributed by atoms with Gasteiger partial charge in [0.05, 0.1) is 11.8 Å². The minimum atomic E-state index is 0.277. The minimum Gasteiger partial charge on any atom is -0.508 e. The van der Waals surface area contributed by atoms with Crippen molar-refractivity contribution >= 4 is 27.1 Å².